The van der Waals surface area contributed by atoms with E-state index in [9.17, 15) is 9.59 Å². The Balaban J connectivity index is 2.88. The van der Waals surface area contributed by atoms with Gasteiger partial charge in [-0.1, -0.05) is 25.1 Å². The summed E-state index contributed by atoms with van der Waals surface area (Å²) < 4.78 is 0. The summed E-state index contributed by atoms with van der Waals surface area (Å²) in [4.78, 5) is 24.2. The van der Waals surface area contributed by atoms with Crippen LogP contribution in [0, 0.1) is 0 Å². The number of nitrogens with two attached hydrogens (primary N) is 1. The summed E-state index contributed by atoms with van der Waals surface area (Å²) in [6.07, 6.45) is 0.423. The number of para-hydroxylation sites is 1. The quantitative estimate of drug-likeness (QED) is 0.795. The maximum absolute atomic E-state index is 12.1. The molecule has 0 fully saturated rings. The Morgan fingerprint density at radius 3 is 2.44 bits per heavy atom. The Hall–Kier alpha value is -1.88. The second kappa shape index (κ2) is 6.76. The van der Waals surface area contributed by atoms with Gasteiger partial charge in [0.1, 0.15) is 0 Å². The molecule has 0 aliphatic rings. The van der Waals surface area contributed by atoms with Crippen LogP contribution in [0.5, 0.6) is 0 Å². The molecule has 0 aliphatic carbocycles. The maximum Gasteiger partial charge on any atom is 0.305 e. The number of anilines is 1. The fourth-order valence-corrected chi connectivity index (χ4v) is 1.56. The van der Waals surface area contributed by atoms with Gasteiger partial charge in [-0.25, -0.2) is 0 Å². The number of nitrogens with zero attached hydrogens (tertiary/aromatic N) is 1. The minimum Gasteiger partial charge on any atom is -0.481 e. The first-order chi connectivity index (χ1) is 8.56. The molecular formula is C13H18N2O3. The molecule has 0 aliphatic heterocycles. The van der Waals surface area contributed by atoms with Crippen LogP contribution in [0.15, 0.2) is 30.3 Å². The number of carboxylic acid groups (broad SMARTS) is 1. The Bertz CT molecular complexity index is 406. The average molecular weight is 250 g/mol. The fraction of sp³-hybridized carbons (Fsp3) is 0.385. The van der Waals surface area contributed by atoms with Crippen molar-refractivity contribution in [3.63, 3.8) is 0 Å². The molecule has 1 rings (SSSR count). The summed E-state index contributed by atoms with van der Waals surface area (Å²) in [6.45, 7) is 1.95. The Morgan fingerprint density at radius 2 is 1.94 bits per heavy atom. The van der Waals surface area contributed by atoms with E-state index in [-0.39, 0.29) is 18.9 Å². The van der Waals surface area contributed by atoms with Crippen LogP contribution < -0.4 is 10.6 Å². The smallest absolute Gasteiger partial charge is 0.305 e. The largest absolute Gasteiger partial charge is 0.481 e. The van der Waals surface area contributed by atoms with E-state index in [4.69, 9.17) is 10.8 Å². The van der Waals surface area contributed by atoms with Gasteiger partial charge >= 0.3 is 5.97 Å². The van der Waals surface area contributed by atoms with Gasteiger partial charge in [-0.2, -0.15) is 0 Å². The Labute approximate surface area is 106 Å². The topological polar surface area (TPSA) is 83.6 Å². The van der Waals surface area contributed by atoms with E-state index < -0.39 is 12.0 Å². The molecular weight excluding hydrogens is 232 g/mol. The molecule has 0 aromatic heterocycles. The van der Waals surface area contributed by atoms with E-state index >= 15 is 0 Å². The van der Waals surface area contributed by atoms with Gasteiger partial charge in [-0.15, -0.1) is 0 Å². The number of hydrogen-bond donors (Lipinski definition) is 2. The van der Waals surface area contributed by atoms with Crippen LogP contribution in [-0.4, -0.2) is 29.6 Å². The summed E-state index contributed by atoms with van der Waals surface area (Å²) in [5.74, 6) is -1.18. The van der Waals surface area contributed by atoms with Crippen molar-refractivity contribution in [3.8, 4) is 0 Å². The van der Waals surface area contributed by atoms with Crippen molar-refractivity contribution in [2.75, 3.05) is 11.4 Å². The lowest BCUT2D eigenvalue weighted by Gasteiger charge is -2.24. The van der Waals surface area contributed by atoms with E-state index in [1.807, 2.05) is 13.0 Å². The average Bonchev–Trinajstić information content (AvgIpc) is 2.38. The van der Waals surface area contributed by atoms with Crippen molar-refractivity contribution < 1.29 is 14.7 Å². The molecule has 0 unspecified atom stereocenters. The zero-order valence-corrected chi connectivity index (χ0v) is 10.4. The predicted molar refractivity (Wildman–Crippen MR) is 69.3 cm³/mol. The van der Waals surface area contributed by atoms with Gasteiger partial charge in [0.25, 0.3) is 0 Å². The lowest BCUT2D eigenvalue weighted by atomic mass is 10.2. The third-order valence-electron chi connectivity index (χ3n) is 2.64. The molecule has 0 spiro atoms. The molecule has 0 bridgehead atoms. The van der Waals surface area contributed by atoms with Gasteiger partial charge in [0.05, 0.1) is 12.5 Å². The number of aliphatic carboxylic acids is 1. The summed E-state index contributed by atoms with van der Waals surface area (Å²) in [5.41, 5.74) is 6.40. The van der Waals surface area contributed by atoms with Gasteiger partial charge in [-0.3, -0.25) is 9.59 Å². The van der Waals surface area contributed by atoms with Crippen LogP contribution in [0.4, 0.5) is 5.69 Å². The van der Waals surface area contributed by atoms with Crippen molar-refractivity contribution >= 4 is 17.6 Å². The molecule has 0 saturated heterocycles. The molecule has 98 valence electrons. The van der Waals surface area contributed by atoms with E-state index in [0.717, 1.165) is 0 Å². The highest BCUT2D eigenvalue weighted by Crippen LogP contribution is 2.15. The summed E-state index contributed by atoms with van der Waals surface area (Å²) >= 11 is 0. The SMILES string of the molecule is CC[C@H](N)C(=O)N(CCC(=O)O)c1ccccc1. The van der Waals surface area contributed by atoms with E-state index in [1.54, 1.807) is 24.3 Å². The standard InChI is InChI=1S/C13H18N2O3/c1-2-11(14)13(18)15(9-8-12(16)17)10-6-4-3-5-7-10/h3-7,11H,2,8-9,14H2,1H3,(H,16,17)/t11-/m0/s1. The van der Waals surface area contributed by atoms with Crippen molar-refractivity contribution in [2.24, 2.45) is 5.73 Å². The minimum absolute atomic E-state index is 0.100. The molecule has 1 atom stereocenters. The van der Waals surface area contributed by atoms with Crippen LogP contribution in [0.25, 0.3) is 0 Å². The van der Waals surface area contributed by atoms with E-state index in [2.05, 4.69) is 0 Å². The first-order valence-electron chi connectivity index (χ1n) is 5.90. The molecule has 5 heteroatoms. The first kappa shape index (κ1) is 14.2. The zero-order chi connectivity index (χ0) is 13.5. The Morgan fingerprint density at radius 1 is 1.33 bits per heavy atom. The summed E-state index contributed by atoms with van der Waals surface area (Å²) in [6, 6.07) is 8.37. The van der Waals surface area contributed by atoms with Crippen LogP contribution in [0.1, 0.15) is 19.8 Å². The van der Waals surface area contributed by atoms with Crippen molar-refractivity contribution in [1.82, 2.24) is 0 Å². The van der Waals surface area contributed by atoms with Crippen molar-refractivity contribution in [1.29, 1.82) is 0 Å². The highest BCUT2D eigenvalue weighted by molar-refractivity contribution is 5.97. The van der Waals surface area contributed by atoms with Crippen LogP contribution in [-0.2, 0) is 9.59 Å². The third kappa shape index (κ3) is 3.85. The molecule has 18 heavy (non-hydrogen) atoms. The minimum atomic E-state index is -0.936. The molecule has 1 aromatic carbocycles. The van der Waals surface area contributed by atoms with Gasteiger partial charge in [0.2, 0.25) is 5.91 Å². The molecule has 0 saturated carbocycles. The summed E-state index contributed by atoms with van der Waals surface area (Å²) in [5, 5.41) is 8.72. The van der Waals surface area contributed by atoms with E-state index in [0.29, 0.717) is 12.1 Å². The van der Waals surface area contributed by atoms with Gasteiger partial charge in [-0.05, 0) is 18.6 Å². The highest BCUT2D eigenvalue weighted by Gasteiger charge is 2.21. The van der Waals surface area contributed by atoms with Crippen molar-refractivity contribution in [3.05, 3.63) is 30.3 Å². The number of benzene rings is 1. The molecule has 5 nitrogen and oxygen atoms in total. The number of carboxylic acids is 1. The molecule has 0 heterocycles. The Kier molecular flexibility index (Phi) is 5.32. The normalized spacial score (nSPS) is 11.9. The second-order valence-corrected chi connectivity index (χ2v) is 3.98. The lowest BCUT2D eigenvalue weighted by molar-refractivity contribution is -0.136. The fourth-order valence-electron chi connectivity index (χ4n) is 1.56. The lowest BCUT2D eigenvalue weighted by Crippen LogP contribution is -2.44. The second-order valence-electron chi connectivity index (χ2n) is 3.98. The number of hydrogen-bond acceptors (Lipinski definition) is 3. The number of carbonyl (C=O) groups excluding carboxylic acids is 1. The summed E-state index contributed by atoms with van der Waals surface area (Å²) in [7, 11) is 0. The predicted octanol–water partition coefficient (Wildman–Crippen LogP) is 1.23. The maximum atomic E-state index is 12.1. The molecule has 3 N–H and O–H groups in total. The zero-order valence-electron chi connectivity index (χ0n) is 10.4. The van der Waals surface area contributed by atoms with Gasteiger partial charge < -0.3 is 15.7 Å². The molecule has 1 aromatic rings. The van der Waals surface area contributed by atoms with Gasteiger partial charge in [0.15, 0.2) is 0 Å². The van der Waals surface area contributed by atoms with Crippen LogP contribution in [0.3, 0.4) is 0 Å². The van der Waals surface area contributed by atoms with Crippen LogP contribution in [0.2, 0.25) is 0 Å². The highest BCUT2D eigenvalue weighted by atomic mass is 16.4. The van der Waals surface area contributed by atoms with E-state index in [1.165, 1.54) is 4.90 Å². The monoisotopic (exact) mass is 250 g/mol. The van der Waals surface area contributed by atoms with Gasteiger partial charge in [0, 0.05) is 12.2 Å². The van der Waals surface area contributed by atoms with Crippen molar-refractivity contribution in [2.45, 2.75) is 25.8 Å². The third-order valence-corrected chi connectivity index (χ3v) is 2.64. The number of amides is 1. The van der Waals surface area contributed by atoms with Crippen LogP contribution >= 0.6 is 0 Å². The first-order valence-corrected chi connectivity index (χ1v) is 5.90. The molecule has 0 radical (unpaired) electrons. The number of carbonyl (C=O) groups is 2. The number of rotatable bonds is 6. The molecule has 1 amide bonds.